The number of aromatic nitrogens is 2. The summed E-state index contributed by atoms with van der Waals surface area (Å²) >= 11 is 18.1. The zero-order valence-electron chi connectivity index (χ0n) is 16.0. The number of benzene rings is 2. The normalized spacial score (nSPS) is 10.8. The van der Waals surface area contributed by atoms with Crippen molar-refractivity contribution in [2.45, 2.75) is 33.7 Å². The molecule has 28 heavy (non-hydrogen) atoms. The summed E-state index contributed by atoms with van der Waals surface area (Å²) in [5, 5.41) is 13.0. The Hall–Kier alpha value is -2.08. The molecule has 146 valence electrons. The zero-order chi connectivity index (χ0) is 20.3. The fraction of sp³-hybridized carbons (Fsp3) is 0.238. The molecule has 0 bridgehead atoms. The molecule has 2 N–H and O–H groups in total. The third kappa shape index (κ3) is 4.49. The highest BCUT2D eigenvalue weighted by Crippen LogP contribution is 2.27. The van der Waals surface area contributed by atoms with Crippen LogP contribution in [0.15, 0.2) is 42.5 Å². The first-order chi connectivity index (χ1) is 13.4. The quantitative estimate of drug-likeness (QED) is 0.469. The predicted octanol–water partition coefficient (Wildman–Crippen LogP) is 6.23. The number of nitrogens with one attached hydrogen (secondary N) is 2. The van der Waals surface area contributed by atoms with Crippen molar-refractivity contribution in [1.82, 2.24) is 9.78 Å². The van der Waals surface area contributed by atoms with E-state index in [1.54, 1.807) is 0 Å². The highest BCUT2D eigenvalue weighted by atomic mass is 35.5. The van der Waals surface area contributed by atoms with E-state index >= 15 is 0 Å². The second kappa shape index (κ2) is 8.95. The fourth-order valence-corrected chi connectivity index (χ4v) is 3.81. The van der Waals surface area contributed by atoms with Crippen molar-refractivity contribution in [1.29, 1.82) is 0 Å². The third-order valence-corrected chi connectivity index (χ3v) is 5.55. The Morgan fingerprint density at radius 1 is 1.04 bits per heavy atom. The van der Waals surface area contributed by atoms with Gasteiger partial charge in [0.25, 0.3) is 0 Å². The molecule has 0 saturated carbocycles. The van der Waals surface area contributed by atoms with Crippen LogP contribution in [-0.4, -0.2) is 14.9 Å². The maximum atomic E-state index is 6.31. The highest BCUT2D eigenvalue weighted by Gasteiger charge is 2.15. The van der Waals surface area contributed by atoms with E-state index in [4.69, 9.17) is 35.4 Å². The lowest BCUT2D eigenvalue weighted by atomic mass is 10.1. The van der Waals surface area contributed by atoms with E-state index in [0.29, 0.717) is 21.7 Å². The molecule has 0 spiro atoms. The van der Waals surface area contributed by atoms with Gasteiger partial charge in [-0.3, -0.25) is 4.68 Å². The highest BCUT2D eigenvalue weighted by molar-refractivity contribution is 7.80. The average Bonchev–Trinajstić information content (AvgIpc) is 2.92. The van der Waals surface area contributed by atoms with Crippen molar-refractivity contribution in [3.05, 3.63) is 75.0 Å². The number of halogens is 2. The molecule has 3 aromatic rings. The van der Waals surface area contributed by atoms with Crippen molar-refractivity contribution in [3.8, 4) is 0 Å². The Balaban J connectivity index is 1.79. The van der Waals surface area contributed by atoms with Crippen LogP contribution in [0.2, 0.25) is 10.0 Å². The number of anilines is 2. The van der Waals surface area contributed by atoms with Gasteiger partial charge in [-0.1, -0.05) is 54.4 Å². The molecule has 0 atom stereocenters. The summed E-state index contributed by atoms with van der Waals surface area (Å²) in [6.07, 6.45) is 0.931. The number of aryl methyl sites for hydroxylation is 2. The van der Waals surface area contributed by atoms with E-state index in [1.165, 1.54) is 5.56 Å². The number of nitrogens with zero attached hydrogens (tertiary/aromatic N) is 2. The molecule has 0 fully saturated rings. The van der Waals surface area contributed by atoms with Crippen LogP contribution in [0.25, 0.3) is 0 Å². The van der Waals surface area contributed by atoms with Gasteiger partial charge in [0.15, 0.2) is 5.11 Å². The van der Waals surface area contributed by atoms with Crippen LogP contribution in [0.4, 0.5) is 11.4 Å². The molecule has 0 unspecified atom stereocenters. The van der Waals surface area contributed by atoms with Gasteiger partial charge in [-0.25, -0.2) is 0 Å². The SMILES string of the molecule is CCc1ccccc1NC(=S)Nc1c(C)nn(Cc2c(Cl)cccc2Cl)c1C. The summed E-state index contributed by atoms with van der Waals surface area (Å²) in [6.45, 7) is 6.55. The van der Waals surface area contributed by atoms with E-state index < -0.39 is 0 Å². The van der Waals surface area contributed by atoms with Crippen LogP contribution in [0.1, 0.15) is 29.4 Å². The molecular weight excluding hydrogens is 411 g/mol. The Bertz CT molecular complexity index is 993. The lowest BCUT2D eigenvalue weighted by molar-refractivity contribution is 0.659. The van der Waals surface area contributed by atoms with Crippen molar-refractivity contribution in [2.24, 2.45) is 0 Å². The van der Waals surface area contributed by atoms with E-state index in [2.05, 4.69) is 28.7 Å². The van der Waals surface area contributed by atoms with Gasteiger partial charge in [-0.15, -0.1) is 0 Å². The zero-order valence-corrected chi connectivity index (χ0v) is 18.3. The van der Waals surface area contributed by atoms with E-state index in [-0.39, 0.29) is 0 Å². The molecule has 4 nitrogen and oxygen atoms in total. The minimum absolute atomic E-state index is 0.492. The predicted molar refractivity (Wildman–Crippen MR) is 123 cm³/mol. The van der Waals surface area contributed by atoms with Crippen LogP contribution in [-0.2, 0) is 13.0 Å². The first-order valence-electron chi connectivity index (χ1n) is 9.03. The molecule has 7 heteroatoms. The van der Waals surface area contributed by atoms with Crippen LogP contribution in [0, 0.1) is 13.8 Å². The Labute approximate surface area is 180 Å². The van der Waals surface area contributed by atoms with Crippen LogP contribution in [0.5, 0.6) is 0 Å². The summed E-state index contributed by atoms with van der Waals surface area (Å²) in [7, 11) is 0. The van der Waals surface area contributed by atoms with Gasteiger partial charge in [-0.2, -0.15) is 5.10 Å². The van der Waals surface area contributed by atoms with Crippen LogP contribution < -0.4 is 10.6 Å². The molecule has 0 radical (unpaired) electrons. The second-order valence-corrected chi connectivity index (χ2v) is 7.72. The standard InChI is InChI=1S/C21H22Cl2N4S/c1-4-15-8-5-6-11-19(15)24-21(28)25-20-13(2)26-27(14(20)3)12-16-17(22)9-7-10-18(16)23/h5-11H,4,12H2,1-3H3,(H2,24,25,28). The minimum Gasteiger partial charge on any atom is -0.332 e. The molecule has 0 aliphatic rings. The molecule has 0 aliphatic heterocycles. The summed E-state index contributed by atoms with van der Waals surface area (Å²) < 4.78 is 1.88. The third-order valence-electron chi connectivity index (χ3n) is 4.64. The van der Waals surface area contributed by atoms with E-state index in [9.17, 15) is 0 Å². The van der Waals surface area contributed by atoms with Crippen molar-refractivity contribution in [3.63, 3.8) is 0 Å². The van der Waals surface area contributed by atoms with Gasteiger partial charge >= 0.3 is 0 Å². The molecule has 0 aliphatic carbocycles. The van der Waals surface area contributed by atoms with Crippen molar-refractivity contribution in [2.75, 3.05) is 10.6 Å². The average molecular weight is 433 g/mol. The van der Waals surface area contributed by atoms with Gasteiger partial charge in [0.05, 0.1) is 23.6 Å². The summed E-state index contributed by atoms with van der Waals surface area (Å²) in [5.74, 6) is 0. The van der Waals surface area contributed by atoms with Gasteiger partial charge in [0.2, 0.25) is 0 Å². The van der Waals surface area contributed by atoms with Crippen LogP contribution >= 0.6 is 35.4 Å². The molecule has 2 aromatic carbocycles. The molecule has 1 aromatic heterocycles. The minimum atomic E-state index is 0.492. The Morgan fingerprint density at radius 2 is 1.71 bits per heavy atom. The summed E-state index contributed by atoms with van der Waals surface area (Å²) in [6, 6.07) is 13.6. The second-order valence-electron chi connectivity index (χ2n) is 6.49. The first-order valence-corrected chi connectivity index (χ1v) is 10.2. The number of rotatable bonds is 5. The van der Waals surface area contributed by atoms with Gasteiger partial charge in [0, 0.05) is 21.3 Å². The smallest absolute Gasteiger partial charge is 0.175 e. The summed E-state index contributed by atoms with van der Waals surface area (Å²) in [4.78, 5) is 0. The molecule has 1 heterocycles. The van der Waals surface area contributed by atoms with E-state index in [1.807, 2.05) is 54.9 Å². The number of thiocarbonyl (C=S) groups is 1. The van der Waals surface area contributed by atoms with Gasteiger partial charge in [0.1, 0.15) is 0 Å². The molecule has 0 saturated heterocycles. The van der Waals surface area contributed by atoms with E-state index in [0.717, 1.165) is 34.7 Å². The fourth-order valence-electron chi connectivity index (χ4n) is 3.08. The Kier molecular flexibility index (Phi) is 6.60. The number of hydrogen-bond donors (Lipinski definition) is 2. The summed E-state index contributed by atoms with van der Waals surface area (Å²) in [5.41, 5.74) is 5.77. The number of para-hydroxylation sites is 1. The monoisotopic (exact) mass is 432 g/mol. The lowest BCUT2D eigenvalue weighted by Crippen LogP contribution is -2.20. The maximum absolute atomic E-state index is 6.31. The molecule has 0 amide bonds. The topological polar surface area (TPSA) is 41.9 Å². The number of hydrogen-bond acceptors (Lipinski definition) is 2. The molecule has 3 rings (SSSR count). The Morgan fingerprint density at radius 3 is 2.39 bits per heavy atom. The largest absolute Gasteiger partial charge is 0.332 e. The lowest BCUT2D eigenvalue weighted by Gasteiger charge is -2.14. The van der Waals surface area contributed by atoms with Gasteiger partial charge < -0.3 is 10.6 Å². The van der Waals surface area contributed by atoms with Crippen LogP contribution in [0.3, 0.4) is 0 Å². The van der Waals surface area contributed by atoms with Gasteiger partial charge in [-0.05, 0) is 56.2 Å². The molecular formula is C21H22Cl2N4S. The maximum Gasteiger partial charge on any atom is 0.175 e. The van der Waals surface area contributed by atoms with Crippen molar-refractivity contribution < 1.29 is 0 Å². The first kappa shape index (κ1) is 20.6. The van der Waals surface area contributed by atoms with Crippen molar-refractivity contribution >= 4 is 51.9 Å².